The predicted molar refractivity (Wildman–Crippen MR) is 157 cm³/mol. The highest BCUT2D eigenvalue weighted by Gasteiger charge is 2.41. The normalized spacial score (nSPS) is 16.4. The number of thioether (sulfide) groups is 1. The summed E-state index contributed by atoms with van der Waals surface area (Å²) in [6.45, 7) is 2.35. The molecule has 0 fully saturated rings. The van der Waals surface area contributed by atoms with Crippen molar-refractivity contribution in [1.82, 2.24) is 4.90 Å². The lowest BCUT2D eigenvalue weighted by molar-refractivity contribution is -0.152. The van der Waals surface area contributed by atoms with Crippen LogP contribution in [0.5, 0.6) is 5.75 Å². The molecule has 0 saturated carbocycles. The molecule has 0 bridgehead atoms. The summed E-state index contributed by atoms with van der Waals surface area (Å²) in [6, 6.07) is 22.0. The number of ether oxygens (including phenoxy) is 3. The molecule has 2 atom stereocenters. The quantitative estimate of drug-likeness (QED) is 0.321. The van der Waals surface area contributed by atoms with Crippen LogP contribution in [0, 0.1) is 0 Å². The van der Waals surface area contributed by atoms with Crippen LogP contribution in [0.3, 0.4) is 0 Å². The van der Waals surface area contributed by atoms with Crippen LogP contribution in [0.4, 0.5) is 5.69 Å². The molecular formula is C31H36N2O6S. The van der Waals surface area contributed by atoms with Crippen LogP contribution < -0.4 is 9.64 Å². The Hall–Kier alpha value is -3.82. The molecule has 0 aliphatic carbocycles. The third-order valence-corrected chi connectivity index (χ3v) is 7.62. The van der Waals surface area contributed by atoms with Crippen molar-refractivity contribution in [2.75, 3.05) is 39.2 Å². The average molecular weight is 565 g/mol. The fourth-order valence-electron chi connectivity index (χ4n) is 4.22. The highest BCUT2D eigenvalue weighted by Crippen LogP contribution is 2.47. The number of fused-ring (bicyclic) bond motifs is 1. The number of rotatable bonds is 9. The lowest BCUT2D eigenvalue weighted by Crippen LogP contribution is -2.45. The summed E-state index contributed by atoms with van der Waals surface area (Å²) in [5.41, 5.74) is 2.60. The fraction of sp³-hybridized carbons (Fsp3) is 0.323. The Morgan fingerprint density at radius 3 is 2.33 bits per heavy atom. The first-order valence-corrected chi connectivity index (χ1v) is 13.4. The van der Waals surface area contributed by atoms with Gasteiger partial charge in [0.15, 0.2) is 6.10 Å². The molecule has 0 unspecified atom stereocenters. The van der Waals surface area contributed by atoms with Crippen molar-refractivity contribution < 1.29 is 28.6 Å². The molecule has 1 aliphatic rings. The van der Waals surface area contributed by atoms with Gasteiger partial charge in [0, 0.05) is 24.9 Å². The van der Waals surface area contributed by atoms with Crippen LogP contribution in [0.2, 0.25) is 0 Å². The summed E-state index contributed by atoms with van der Waals surface area (Å²) >= 11 is 1.42. The van der Waals surface area contributed by atoms with Crippen molar-refractivity contribution in [1.29, 1.82) is 0 Å². The lowest BCUT2D eigenvalue weighted by atomic mass is 10.1. The average Bonchev–Trinajstić information content (AvgIpc) is 3.04. The molecule has 212 valence electrons. The first-order chi connectivity index (χ1) is 18.8. The minimum absolute atomic E-state index is 0. The Balaban J connectivity index is 0.00000441. The maximum atomic E-state index is 14.0. The van der Waals surface area contributed by atoms with Crippen LogP contribution in [0.15, 0.2) is 77.7 Å². The van der Waals surface area contributed by atoms with Gasteiger partial charge in [-0.05, 0) is 55.6 Å². The zero-order chi connectivity index (χ0) is 27.9. The molecule has 0 saturated heterocycles. The fourth-order valence-corrected chi connectivity index (χ4v) is 5.52. The molecule has 3 aromatic carbocycles. The van der Waals surface area contributed by atoms with Crippen LogP contribution in [-0.2, 0) is 25.7 Å². The number of hydrogen-bond donors (Lipinski definition) is 0. The Labute approximate surface area is 240 Å². The number of carbonyl (C=O) groups is 3. The van der Waals surface area contributed by atoms with E-state index in [9.17, 15) is 14.4 Å². The summed E-state index contributed by atoms with van der Waals surface area (Å²) in [5, 5.41) is -0.508. The van der Waals surface area contributed by atoms with Gasteiger partial charge in [-0.1, -0.05) is 49.9 Å². The molecule has 1 amide bonds. The Morgan fingerprint density at radius 2 is 1.70 bits per heavy atom. The molecule has 0 radical (unpaired) electrons. The van der Waals surface area contributed by atoms with Crippen LogP contribution in [0.1, 0.15) is 41.1 Å². The van der Waals surface area contributed by atoms with E-state index in [1.807, 2.05) is 79.7 Å². The Bertz CT molecular complexity index is 1310. The monoisotopic (exact) mass is 564 g/mol. The summed E-state index contributed by atoms with van der Waals surface area (Å²) in [5.74, 6) is -0.705. The van der Waals surface area contributed by atoms with Crippen LogP contribution >= 0.6 is 11.8 Å². The van der Waals surface area contributed by atoms with Gasteiger partial charge in [-0.25, -0.2) is 4.79 Å². The molecule has 8 nitrogen and oxygen atoms in total. The van der Waals surface area contributed by atoms with Gasteiger partial charge in [-0.2, -0.15) is 0 Å². The molecule has 1 aliphatic heterocycles. The van der Waals surface area contributed by atoms with E-state index in [0.717, 1.165) is 16.0 Å². The van der Waals surface area contributed by atoms with Crippen LogP contribution in [0.25, 0.3) is 0 Å². The van der Waals surface area contributed by atoms with Gasteiger partial charge in [0.2, 0.25) is 0 Å². The molecule has 3 aromatic rings. The maximum Gasteiger partial charge on any atom is 0.338 e. The summed E-state index contributed by atoms with van der Waals surface area (Å²) < 4.78 is 16.5. The first kappa shape index (κ1) is 30.7. The molecule has 40 heavy (non-hydrogen) atoms. The number of esters is 2. The van der Waals surface area contributed by atoms with Crippen molar-refractivity contribution in [3.8, 4) is 5.75 Å². The van der Waals surface area contributed by atoms with E-state index in [1.165, 1.54) is 18.7 Å². The Kier molecular flexibility index (Phi) is 10.8. The number of hydrogen-bond acceptors (Lipinski definition) is 8. The number of anilines is 1. The number of methoxy groups -OCH3 is 1. The van der Waals surface area contributed by atoms with Gasteiger partial charge in [-0.15, -0.1) is 11.8 Å². The van der Waals surface area contributed by atoms with Crippen molar-refractivity contribution >= 4 is 35.3 Å². The van der Waals surface area contributed by atoms with E-state index in [2.05, 4.69) is 0 Å². The van der Waals surface area contributed by atoms with Crippen molar-refractivity contribution in [2.45, 2.75) is 37.2 Å². The zero-order valence-electron chi connectivity index (χ0n) is 22.5. The highest BCUT2D eigenvalue weighted by atomic mass is 32.2. The topological polar surface area (TPSA) is 85.4 Å². The van der Waals surface area contributed by atoms with Crippen molar-refractivity contribution in [3.63, 3.8) is 0 Å². The molecule has 0 aromatic heterocycles. The number of likely N-dealkylation sites (N-methyl/N-ethyl adjacent to an activating group) is 1. The van der Waals surface area contributed by atoms with E-state index in [1.54, 1.807) is 24.1 Å². The second-order valence-corrected chi connectivity index (χ2v) is 10.6. The van der Waals surface area contributed by atoms with Crippen molar-refractivity contribution in [3.05, 3.63) is 89.5 Å². The second-order valence-electron chi connectivity index (χ2n) is 9.38. The molecule has 4 rings (SSSR count). The molecule has 9 heteroatoms. The van der Waals surface area contributed by atoms with Gasteiger partial charge >= 0.3 is 11.9 Å². The van der Waals surface area contributed by atoms with Crippen LogP contribution in [-0.4, -0.2) is 63.1 Å². The minimum atomic E-state index is -1.07. The van der Waals surface area contributed by atoms with Gasteiger partial charge in [-0.3, -0.25) is 9.59 Å². The van der Waals surface area contributed by atoms with Gasteiger partial charge in [0.1, 0.15) is 12.4 Å². The second kappa shape index (κ2) is 14.0. The number of carbonyl (C=O) groups excluding carboxylic acids is 3. The maximum absolute atomic E-state index is 14.0. The van der Waals surface area contributed by atoms with Crippen molar-refractivity contribution in [2.24, 2.45) is 0 Å². The number of amides is 1. The van der Waals surface area contributed by atoms with Gasteiger partial charge < -0.3 is 24.0 Å². The Morgan fingerprint density at radius 1 is 1.00 bits per heavy atom. The number of benzene rings is 3. The predicted octanol–water partition coefficient (Wildman–Crippen LogP) is 5.36. The van der Waals surface area contributed by atoms with E-state index in [-0.39, 0.29) is 19.9 Å². The summed E-state index contributed by atoms with van der Waals surface area (Å²) in [4.78, 5) is 43.5. The van der Waals surface area contributed by atoms with E-state index in [0.29, 0.717) is 30.1 Å². The van der Waals surface area contributed by atoms with Gasteiger partial charge in [0.05, 0.1) is 23.6 Å². The molecular weight excluding hydrogens is 528 g/mol. The van der Waals surface area contributed by atoms with E-state index in [4.69, 9.17) is 14.2 Å². The summed E-state index contributed by atoms with van der Waals surface area (Å²) in [7, 11) is 5.42. The van der Waals surface area contributed by atoms with E-state index < -0.39 is 23.3 Å². The summed E-state index contributed by atoms with van der Waals surface area (Å²) in [6.07, 6.45) is -1.07. The zero-order valence-corrected chi connectivity index (χ0v) is 23.3. The highest BCUT2D eigenvalue weighted by molar-refractivity contribution is 7.99. The first-order valence-electron chi connectivity index (χ1n) is 12.6. The largest absolute Gasteiger partial charge is 0.497 e. The third kappa shape index (κ3) is 7.43. The minimum Gasteiger partial charge on any atom is -0.497 e. The molecule has 1 heterocycles. The standard InChI is InChI=1S/C30H32N2O6S.CH4/c1-20(33)38-27-28(22-10-13-24(36-4)14-11-22)39-26-15-12-23(30(35)37-19-21-8-6-5-7-9-21)18-25(26)32(29(27)34)17-16-31(2)3;/h5-15,18,27-28H,16-17,19H2,1-4H3;1H4/t27-,28+;/m1./s1. The molecule has 0 N–H and O–H groups in total. The third-order valence-electron chi connectivity index (χ3n) is 6.24. The molecule has 0 spiro atoms. The lowest BCUT2D eigenvalue weighted by Gasteiger charge is -2.28. The SMILES string of the molecule is C.COc1ccc([C@@H]2Sc3ccc(C(=O)OCc4ccccc4)cc3N(CCN(C)C)C(=O)[C@@H]2OC(C)=O)cc1. The smallest absolute Gasteiger partial charge is 0.338 e. The van der Waals surface area contributed by atoms with E-state index >= 15 is 0 Å². The number of nitrogens with zero attached hydrogens (tertiary/aromatic N) is 2. The van der Waals surface area contributed by atoms with Gasteiger partial charge in [0.25, 0.3) is 5.91 Å².